The molecule has 0 saturated carbocycles. The van der Waals surface area contributed by atoms with Gasteiger partial charge in [0.05, 0.1) is 23.1 Å². The minimum Gasteiger partial charge on any atom is -0.616 e. The Balaban J connectivity index is 1.31. The Kier molecular flexibility index (Phi) is 5.23. The van der Waals surface area contributed by atoms with Gasteiger partial charge in [0.25, 0.3) is 5.91 Å². The Bertz CT molecular complexity index is 1600. The quantitative estimate of drug-likeness (QED) is 0.383. The van der Waals surface area contributed by atoms with E-state index in [1.54, 1.807) is 18.5 Å². The Morgan fingerprint density at radius 3 is 2.76 bits per heavy atom. The van der Waals surface area contributed by atoms with E-state index in [0.29, 0.717) is 46.6 Å². The molecule has 0 aliphatic carbocycles. The van der Waals surface area contributed by atoms with Gasteiger partial charge in [-0.3, -0.25) is 4.79 Å². The molecular weight excluding hydrogens is 516 g/mol. The van der Waals surface area contributed by atoms with Crippen LogP contribution in [0.5, 0.6) is 5.75 Å². The number of ether oxygens (including phenoxy) is 1. The van der Waals surface area contributed by atoms with E-state index in [1.807, 2.05) is 22.8 Å². The third kappa shape index (κ3) is 3.58. The maximum Gasteiger partial charge on any atom is 0.387 e. The van der Waals surface area contributed by atoms with Crippen LogP contribution in [0.15, 0.2) is 48.8 Å². The van der Waals surface area contributed by atoms with E-state index in [9.17, 15) is 23.2 Å². The Hall–Kier alpha value is -3.61. The second-order valence-electron chi connectivity index (χ2n) is 9.78. The average Bonchev–Trinajstić information content (AvgIpc) is 3.52. The molecule has 2 bridgehead atoms. The molecule has 4 atom stereocenters. The SMILES string of the molecule is O=C1N[C@@H]2C[C@H](c3c(OC(F)F)cccc31)n1c2nc2ccc(-c3cnc([C@]4(O)CC[S@@+]([O-])C4)nc3)cc21. The lowest BCUT2D eigenvalue weighted by molar-refractivity contribution is -0.0507. The summed E-state index contributed by atoms with van der Waals surface area (Å²) < 4.78 is 45.1. The summed E-state index contributed by atoms with van der Waals surface area (Å²) in [5, 5.41) is 13.8. The van der Waals surface area contributed by atoms with Crippen molar-refractivity contribution < 1.29 is 28.0 Å². The zero-order valence-electron chi connectivity index (χ0n) is 19.8. The number of imidazole rings is 1. The Labute approximate surface area is 218 Å². The van der Waals surface area contributed by atoms with Crippen LogP contribution in [0.25, 0.3) is 22.2 Å². The first-order valence-corrected chi connectivity index (χ1v) is 13.6. The minimum atomic E-state index is -3.03. The van der Waals surface area contributed by atoms with Gasteiger partial charge in [-0.1, -0.05) is 23.3 Å². The van der Waals surface area contributed by atoms with Gasteiger partial charge in [0, 0.05) is 35.5 Å². The summed E-state index contributed by atoms with van der Waals surface area (Å²) in [6.07, 6.45) is 4.06. The van der Waals surface area contributed by atoms with Crippen LogP contribution < -0.4 is 10.1 Å². The van der Waals surface area contributed by atoms with Crippen LogP contribution >= 0.6 is 0 Å². The second kappa shape index (κ2) is 8.45. The van der Waals surface area contributed by atoms with Crippen molar-refractivity contribution in [3.63, 3.8) is 0 Å². The number of benzene rings is 2. The van der Waals surface area contributed by atoms with Gasteiger partial charge in [0.2, 0.25) is 0 Å². The van der Waals surface area contributed by atoms with E-state index < -0.39 is 29.4 Å². The van der Waals surface area contributed by atoms with Gasteiger partial charge in [-0.2, -0.15) is 8.78 Å². The summed E-state index contributed by atoms with van der Waals surface area (Å²) in [5.74, 6) is 1.06. The largest absolute Gasteiger partial charge is 0.616 e. The first-order valence-electron chi connectivity index (χ1n) is 12.1. The van der Waals surface area contributed by atoms with Crippen molar-refractivity contribution in [2.24, 2.45) is 0 Å². The number of carbonyl (C=O) groups excluding carboxylic acids is 1. The number of aromatic nitrogens is 4. The van der Waals surface area contributed by atoms with Crippen LogP contribution in [0.3, 0.4) is 0 Å². The van der Waals surface area contributed by atoms with Crippen molar-refractivity contribution in [1.82, 2.24) is 24.8 Å². The fourth-order valence-electron chi connectivity index (χ4n) is 5.78. The molecule has 0 spiro atoms. The lowest BCUT2D eigenvalue weighted by atomic mass is 9.97. The van der Waals surface area contributed by atoms with Crippen LogP contribution in [-0.2, 0) is 16.8 Å². The number of aliphatic hydroxyl groups is 1. The van der Waals surface area contributed by atoms with Crippen molar-refractivity contribution in [2.75, 3.05) is 11.5 Å². The predicted octanol–water partition coefficient (Wildman–Crippen LogP) is 3.21. The molecule has 1 fully saturated rings. The lowest BCUT2D eigenvalue weighted by Gasteiger charge is -2.21. The summed E-state index contributed by atoms with van der Waals surface area (Å²) in [4.78, 5) is 26.4. The van der Waals surface area contributed by atoms with E-state index >= 15 is 0 Å². The van der Waals surface area contributed by atoms with Gasteiger partial charge in [-0.25, -0.2) is 15.0 Å². The van der Waals surface area contributed by atoms with Crippen LogP contribution in [0.1, 0.15) is 52.5 Å². The second-order valence-corrected chi connectivity index (χ2v) is 11.4. The zero-order chi connectivity index (χ0) is 26.2. The van der Waals surface area contributed by atoms with Gasteiger partial charge in [-0.05, 0) is 36.2 Å². The standard InChI is InChI=1S/C26H21F2N5O4S/c27-25(28)37-20-3-1-2-15-21(20)19-9-17(32-23(15)34)22-31-16-5-4-13(8-18(16)33(19)22)14-10-29-24(30-11-14)26(35)6-7-38(36)12-26/h1-5,8,10-11,17,19,25,35H,6-7,9,12H2,(H,32,34)/t17-,19-,26+,38-/m1/s1. The molecule has 38 heavy (non-hydrogen) atoms. The van der Waals surface area contributed by atoms with Crippen LogP contribution in [0.4, 0.5) is 8.78 Å². The fraction of sp³-hybridized carbons (Fsp3) is 0.308. The van der Waals surface area contributed by atoms with E-state index in [-0.39, 0.29) is 29.3 Å². The normalized spacial score (nSPS) is 25.8. The van der Waals surface area contributed by atoms with Crippen molar-refractivity contribution in [1.29, 1.82) is 0 Å². The van der Waals surface area contributed by atoms with Gasteiger partial charge < -0.3 is 24.3 Å². The summed E-state index contributed by atoms with van der Waals surface area (Å²) in [6.45, 7) is -3.03. The highest BCUT2D eigenvalue weighted by molar-refractivity contribution is 7.91. The average molecular weight is 538 g/mol. The lowest BCUT2D eigenvalue weighted by Crippen LogP contribution is -2.29. The van der Waals surface area contributed by atoms with Crippen molar-refractivity contribution in [3.8, 4) is 16.9 Å². The summed E-state index contributed by atoms with van der Waals surface area (Å²) in [7, 11) is 0. The first kappa shape index (κ1) is 23.5. The van der Waals surface area contributed by atoms with Gasteiger partial charge in [-0.15, -0.1) is 0 Å². The number of hydrogen-bond acceptors (Lipinski definition) is 7. The molecule has 2 aromatic heterocycles. The van der Waals surface area contributed by atoms with Gasteiger partial charge in [0.15, 0.2) is 11.4 Å². The monoisotopic (exact) mass is 537 g/mol. The van der Waals surface area contributed by atoms with Crippen molar-refractivity contribution >= 4 is 28.1 Å². The van der Waals surface area contributed by atoms with E-state index in [4.69, 9.17) is 9.72 Å². The highest BCUT2D eigenvalue weighted by Crippen LogP contribution is 2.47. The Morgan fingerprint density at radius 2 is 2.03 bits per heavy atom. The number of fused-ring (bicyclic) bond motifs is 9. The Morgan fingerprint density at radius 1 is 1.21 bits per heavy atom. The molecule has 194 valence electrons. The van der Waals surface area contributed by atoms with Gasteiger partial charge in [0.1, 0.15) is 23.1 Å². The molecule has 7 rings (SSSR count). The summed E-state index contributed by atoms with van der Waals surface area (Å²) >= 11 is -1.09. The number of rotatable bonds is 4. The van der Waals surface area contributed by atoms with Crippen molar-refractivity contribution in [3.05, 3.63) is 71.6 Å². The molecule has 1 amide bonds. The molecular formula is C26H21F2N5O4S. The fourth-order valence-corrected chi connectivity index (χ4v) is 7.29. The number of amides is 1. The van der Waals surface area contributed by atoms with Crippen LogP contribution in [-0.4, -0.2) is 53.2 Å². The van der Waals surface area contributed by atoms with E-state index in [2.05, 4.69) is 15.3 Å². The maximum atomic E-state index is 13.2. The number of carbonyl (C=O) groups is 1. The molecule has 9 nitrogen and oxygen atoms in total. The number of alkyl halides is 2. The number of hydrogen-bond donors (Lipinski definition) is 2. The first-order chi connectivity index (χ1) is 18.3. The smallest absolute Gasteiger partial charge is 0.387 e. The summed E-state index contributed by atoms with van der Waals surface area (Å²) in [5.41, 5.74) is 2.40. The molecule has 0 unspecified atom stereocenters. The molecule has 3 aliphatic heterocycles. The molecule has 4 aromatic rings. The zero-order valence-corrected chi connectivity index (χ0v) is 20.6. The van der Waals surface area contributed by atoms with Crippen molar-refractivity contribution in [2.45, 2.75) is 37.1 Å². The van der Waals surface area contributed by atoms with Crippen LogP contribution in [0.2, 0.25) is 0 Å². The molecule has 5 heterocycles. The highest BCUT2D eigenvalue weighted by Gasteiger charge is 2.44. The maximum absolute atomic E-state index is 13.2. The number of halogens is 2. The summed E-state index contributed by atoms with van der Waals surface area (Å²) in [6, 6.07) is 9.44. The third-order valence-electron chi connectivity index (χ3n) is 7.51. The molecule has 3 aliphatic rings. The van der Waals surface area contributed by atoms with Gasteiger partial charge >= 0.3 is 6.61 Å². The van der Waals surface area contributed by atoms with E-state index in [1.165, 1.54) is 12.1 Å². The van der Waals surface area contributed by atoms with E-state index in [0.717, 1.165) is 11.1 Å². The molecule has 0 radical (unpaired) electrons. The van der Waals surface area contributed by atoms with Crippen LogP contribution in [0, 0.1) is 0 Å². The highest BCUT2D eigenvalue weighted by atomic mass is 32.2. The predicted molar refractivity (Wildman–Crippen MR) is 133 cm³/mol. The number of nitrogens with one attached hydrogen (secondary N) is 1. The molecule has 2 aromatic carbocycles. The molecule has 12 heteroatoms. The topological polar surface area (TPSA) is 125 Å². The minimum absolute atomic E-state index is 0.0288. The molecule has 2 N–H and O–H groups in total. The number of nitrogens with zero attached hydrogens (tertiary/aromatic N) is 4. The third-order valence-corrected chi connectivity index (χ3v) is 8.97. The molecule has 1 saturated heterocycles.